The summed E-state index contributed by atoms with van der Waals surface area (Å²) in [5, 5.41) is 0. The summed E-state index contributed by atoms with van der Waals surface area (Å²) in [7, 11) is 1.62. The topological polar surface area (TPSA) is 83.3 Å². The highest BCUT2D eigenvalue weighted by Gasteiger charge is 2.26. The number of nitrogens with zero attached hydrogens (tertiary/aromatic N) is 3. The summed E-state index contributed by atoms with van der Waals surface area (Å²) in [5.74, 6) is 0.136. The molecular weight excluding hydrogens is 338 g/mol. The van der Waals surface area contributed by atoms with Crippen LogP contribution in [0, 0.1) is 0 Å². The van der Waals surface area contributed by atoms with Gasteiger partial charge in [0.15, 0.2) is 5.76 Å². The molecule has 0 radical (unpaired) electrons. The lowest BCUT2D eigenvalue weighted by Crippen LogP contribution is -2.51. The van der Waals surface area contributed by atoms with E-state index in [9.17, 15) is 14.4 Å². The van der Waals surface area contributed by atoms with E-state index in [4.69, 9.17) is 9.15 Å². The molecule has 0 N–H and O–H groups in total. The Hall–Kier alpha value is -2.35. The molecule has 0 unspecified atom stereocenters. The van der Waals surface area contributed by atoms with E-state index in [1.807, 2.05) is 0 Å². The average Bonchev–Trinajstić information content (AvgIpc) is 3.18. The third-order valence-corrected chi connectivity index (χ3v) is 4.47. The minimum absolute atomic E-state index is 0.00749. The summed E-state index contributed by atoms with van der Waals surface area (Å²) in [5.41, 5.74) is 0. The summed E-state index contributed by atoms with van der Waals surface area (Å²) in [6.45, 7) is 5.04. The van der Waals surface area contributed by atoms with Crippen molar-refractivity contribution in [3.8, 4) is 0 Å². The standard InChI is InChI=1S/C18H27N3O5/c1-15(22)19(7-4-13-25-2)8-6-17(23)20-9-11-21(12-10-20)18(24)16-5-3-14-26-16/h3,5,14H,4,6-13H2,1-2H3. The second-order valence-corrected chi connectivity index (χ2v) is 6.25. The van der Waals surface area contributed by atoms with Gasteiger partial charge in [0, 0.05) is 66.3 Å². The smallest absolute Gasteiger partial charge is 0.289 e. The number of carbonyl (C=O) groups is 3. The highest BCUT2D eigenvalue weighted by Crippen LogP contribution is 2.10. The molecule has 144 valence electrons. The lowest BCUT2D eigenvalue weighted by molar-refractivity contribution is -0.134. The summed E-state index contributed by atoms with van der Waals surface area (Å²) < 4.78 is 10.1. The lowest BCUT2D eigenvalue weighted by Gasteiger charge is -2.34. The Morgan fingerprint density at radius 2 is 1.85 bits per heavy atom. The molecule has 0 saturated carbocycles. The first-order valence-electron chi connectivity index (χ1n) is 8.88. The van der Waals surface area contributed by atoms with E-state index in [1.165, 1.54) is 13.2 Å². The fourth-order valence-electron chi connectivity index (χ4n) is 2.93. The van der Waals surface area contributed by atoms with Crippen LogP contribution in [0.15, 0.2) is 22.8 Å². The largest absolute Gasteiger partial charge is 0.459 e. The van der Waals surface area contributed by atoms with Gasteiger partial charge in [0.25, 0.3) is 5.91 Å². The van der Waals surface area contributed by atoms with Gasteiger partial charge in [0.2, 0.25) is 11.8 Å². The maximum atomic E-state index is 12.4. The van der Waals surface area contributed by atoms with Crippen molar-refractivity contribution in [1.82, 2.24) is 14.7 Å². The number of furan rings is 1. The van der Waals surface area contributed by atoms with Crippen molar-refractivity contribution in [3.05, 3.63) is 24.2 Å². The molecule has 0 aliphatic carbocycles. The number of amides is 3. The van der Waals surface area contributed by atoms with Gasteiger partial charge in [-0.2, -0.15) is 0 Å². The maximum Gasteiger partial charge on any atom is 0.289 e. The van der Waals surface area contributed by atoms with E-state index in [-0.39, 0.29) is 17.7 Å². The van der Waals surface area contributed by atoms with Gasteiger partial charge < -0.3 is 23.9 Å². The first kappa shape index (κ1) is 20.0. The van der Waals surface area contributed by atoms with Crippen LogP contribution in [-0.4, -0.2) is 85.4 Å². The summed E-state index contributed by atoms with van der Waals surface area (Å²) in [6, 6.07) is 3.32. The molecule has 1 aromatic heterocycles. The number of hydrogen-bond acceptors (Lipinski definition) is 5. The molecule has 8 heteroatoms. The first-order valence-corrected chi connectivity index (χ1v) is 8.88. The zero-order valence-electron chi connectivity index (χ0n) is 15.5. The second kappa shape index (κ2) is 9.96. The highest BCUT2D eigenvalue weighted by molar-refractivity contribution is 5.91. The van der Waals surface area contributed by atoms with E-state index in [1.54, 1.807) is 33.9 Å². The van der Waals surface area contributed by atoms with Crippen LogP contribution in [0.2, 0.25) is 0 Å². The molecule has 0 atom stereocenters. The predicted molar refractivity (Wildman–Crippen MR) is 94.6 cm³/mol. The molecule has 0 spiro atoms. The van der Waals surface area contributed by atoms with Crippen LogP contribution in [0.1, 0.15) is 30.3 Å². The van der Waals surface area contributed by atoms with Crippen molar-refractivity contribution < 1.29 is 23.5 Å². The number of carbonyl (C=O) groups excluding carboxylic acids is 3. The van der Waals surface area contributed by atoms with Crippen molar-refractivity contribution in [2.75, 3.05) is 53.0 Å². The van der Waals surface area contributed by atoms with Gasteiger partial charge in [-0.15, -0.1) is 0 Å². The van der Waals surface area contributed by atoms with Crippen molar-refractivity contribution >= 4 is 17.7 Å². The molecule has 1 aliphatic rings. The Kier molecular flexibility index (Phi) is 7.65. The van der Waals surface area contributed by atoms with Crippen LogP contribution in [0.3, 0.4) is 0 Å². The summed E-state index contributed by atoms with van der Waals surface area (Å²) in [4.78, 5) is 41.4. The van der Waals surface area contributed by atoms with E-state index in [0.717, 1.165) is 6.42 Å². The zero-order valence-corrected chi connectivity index (χ0v) is 15.5. The van der Waals surface area contributed by atoms with Gasteiger partial charge in [-0.25, -0.2) is 0 Å². The summed E-state index contributed by atoms with van der Waals surface area (Å²) in [6.07, 6.45) is 2.51. The molecule has 0 aromatic carbocycles. The van der Waals surface area contributed by atoms with Gasteiger partial charge >= 0.3 is 0 Å². The minimum atomic E-state index is -0.150. The first-order chi connectivity index (χ1) is 12.5. The molecule has 3 amide bonds. The lowest BCUT2D eigenvalue weighted by atomic mass is 10.2. The molecule has 26 heavy (non-hydrogen) atoms. The van der Waals surface area contributed by atoms with E-state index >= 15 is 0 Å². The molecule has 2 rings (SSSR count). The van der Waals surface area contributed by atoms with Crippen LogP contribution < -0.4 is 0 Å². The summed E-state index contributed by atoms with van der Waals surface area (Å²) >= 11 is 0. The third-order valence-electron chi connectivity index (χ3n) is 4.47. The van der Waals surface area contributed by atoms with Crippen molar-refractivity contribution in [1.29, 1.82) is 0 Å². The zero-order chi connectivity index (χ0) is 18.9. The van der Waals surface area contributed by atoms with Crippen LogP contribution in [0.25, 0.3) is 0 Å². The number of ether oxygens (including phenoxy) is 1. The number of hydrogen-bond donors (Lipinski definition) is 0. The van der Waals surface area contributed by atoms with Crippen LogP contribution in [-0.2, 0) is 14.3 Å². The monoisotopic (exact) mass is 365 g/mol. The molecule has 2 heterocycles. The van der Waals surface area contributed by atoms with Crippen molar-refractivity contribution in [3.63, 3.8) is 0 Å². The van der Waals surface area contributed by atoms with Crippen molar-refractivity contribution in [2.45, 2.75) is 19.8 Å². The molecule has 1 aliphatic heterocycles. The SMILES string of the molecule is COCCCN(CCC(=O)N1CCN(C(=O)c2ccco2)CC1)C(C)=O. The fraction of sp³-hybridized carbons (Fsp3) is 0.611. The van der Waals surface area contributed by atoms with Gasteiger partial charge in [0.1, 0.15) is 0 Å². The van der Waals surface area contributed by atoms with E-state index in [0.29, 0.717) is 58.1 Å². The molecule has 1 fully saturated rings. The highest BCUT2D eigenvalue weighted by atomic mass is 16.5. The van der Waals surface area contributed by atoms with Gasteiger partial charge in [-0.1, -0.05) is 0 Å². The normalized spacial score (nSPS) is 14.4. The quantitative estimate of drug-likeness (QED) is 0.638. The number of methoxy groups -OCH3 is 1. The molecule has 8 nitrogen and oxygen atoms in total. The van der Waals surface area contributed by atoms with Crippen LogP contribution in [0.5, 0.6) is 0 Å². The second-order valence-electron chi connectivity index (χ2n) is 6.25. The van der Waals surface area contributed by atoms with Crippen LogP contribution in [0.4, 0.5) is 0 Å². The molecule has 1 aromatic rings. The number of rotatable bonds is 8. The van der Waals surface area contributed by atoms with E-state index in [2.05, 4.69) is 0 Å². The Balaban J connectivity index is 1.75. The number of piperazine rings is 1. The Morgan fingerprint density at radius 3 is 2.42 bits per heavy atom. The third kappa shape index (κ3) is 5.59. The van der Waals surface area contributed by atoms with E-state index < -0.39 is 0 Å². The molecular formula is C18H27N3O5. The molecule has 1 saturated heterocycles. The average molecular weight is 365 g/mol. The van der Waals surface area contributed by atoms with Gasteiger partial charge in [-0.3, -0.25) is 14.4 Å². The molecule has 0 bridgehead atoms. The fourth-order valence-corrected chi connectivity index (χ4v) is 2.93. The van der Waals surface area contributed by atoms with Crippen molar-refractivity contribution in [2.24, 2.45) is 0 Å². The predicted octanol–water partition coefficient (Wildman–Crippen LogP) is 0.839. The maximum absolute atomic E-state index is 12.4. The Bertz CT molecular complexity index is 594. The van der Waals surface area contributed by atoms with Gasteiger partial charge in [-0.05, 0) is 18.6 Å². The Labute approximate surface area is 153 Å². The minimum Gasteiger partial charge on any atom is -0.459 e. The van der Waals surface area contributed by atoms with Crippen LogP contribution >= 0.6 is 0 Å². The van der Waals surface area contributed by atoms with Gasteiger partial charge in [0.05, 0.1) is 6.26 Å². The Morgan fingerprint density at radius 1 is 1.15 bits per heavy atom.